The number of rotatable bonds is 3. The maximum atomic E-state index is 12.8. The van der Waals surface area contributed by atoms with Crippen molar-refractivity contribution < 1.29 is 27.2 Å². The van der Waals surface area contributed by atoms with Crippen LogP contribution in [0.2, 0.25) is 0 Å². The summed E-state index contributed by atoms with van der Waals surface area (Å²) in [6.45, 7) is 0.690. The first-order valence-corrected chi connectivity index (χ1v) is 8.12. The van der Waals surface area contributed by atoms with Crippen LogP contribution in [0.5, 0.6) is 0 Å². The van der Waals surface area contributed by atoms with E-state index in [1.807, 2.05) is 0 Å². The highest BCUT2D eigenvalue weighted by Crippen LogP contribution is 2.33. The van der Waals surface area contributed by atoms with E-state index in [1.54, 1.807) is 0 Å². The summed E-state index contributed by atoms with van der Waals surface area (Å²) in [6, 6.07) is 7.58. The molecule has 1 aromatic heterocycles. The molecule has 0 aliphatic carbocycles. The Morgan fingerprint density at radius 2 is 1.96 bits per heavy atom. The lowest BCUT2D eigenvalue weighted by Gasteiger charge is -2.30. The van der Waals surface area contributed by atoms with Gasteiger partial charge in [0.2, 0.25) is 5.91 Å². The molecule has 26 heavy (non-hydrogen) atoms. The Hall–Kier alpha value is -2.77. The number of carbonyl (C=O) groups excluding carboxylic acids is 2. The summed E-state index contributed by atoms with van der Waals surface area (Å²) in [5, 5.41) is 0. The van der Waals surface area contributed by atoms with Crippen molar-refractivity contribution in [3.63, 3.8) is 0 Å². The van der Waals surface area contributed by atoms with Crippen molar-refractivity contribution in [3.8, 4) is 11.3 Å². The predicted molar refractivity (Wildman–Crippen MR) is 87.0 cm³/mol. The zero-order valence-corrected chi connectivity index (χ0v) is 13.8. The van der Waals surface area contributed by atoms with Crippen LogP contribution < -0.4 is 5.73 Å². The molecule has 2 amide bonds. The third-order valence-electron chi connectivity index (χ3n) is 4.40. The third-order valence-corrected chi connectivity index (χ3v) is 4.40. The summed E-state index contributed by atoms with van der Waals surface area (Å²) < 4.78 is 44.0. The highest BCUT2D eigenvalue weighted by Gasteiger charge is 2.31. The molecule has 0 spiro atoms. The number of primary amides is 1. The predicted octanol–water partition coefficient (Wildman–Crippen LogP) is 3.30. The monoisotopic (exact) mass is 366 g/mol. The van der Waals surface area contributed by atoms with Crippen LogP contribution in [-0.2, 0) is 11.0 Å². The largest absolute Gasteiger partial charge is 0.451 e. The number of piperidine rings is 1. The van der Waals surface area contributed by atoms with Crippen molar-refractivity contribution in [1.29, 1.82) is 0 Å². The smallest absolute Gasteiger partial charge is 0.416 e. The van der Waals surface area contributed by atoms with E-state index in [1.165, 1.54) is 29.2 Å². The Bertz CT molecular complexity index is 829. The van der Waals surface area contributed by atoms with Crippen LogP contribution >= 0.6 is 0 Å². The van der Waals surface area contributed by atoms with Crippen LogP contribution in [0.4, 0.5) is 13.2 Å². The van der Waals surface area contributed by atoms with Gasteiger partial charge in [0.25, 0.3) is 5.91 Å². The SMILES string of the molecule is NC(=O)C1CCCN(C(=O)c2ccc(-c3cccc(C(F)(F)F)c3)o2)C1. The molecule has 2 N–H and O–H groups in total. The van der Waals surface area contributed by atoms with Gasteiger partial charge in [-0.2, -0.15) is 13.2 Å². The van der Waals surface area contributed by atoms with Crippen LogP contribution in [0.25, 0.3) is 11.3 Å². The van der Waals surface area contributed by atoms with Gasteiger partial charge in [0.05, 0.1) is 11.5 Å². The van der Waals surface area contributed by atoms with Crippen molar-refractivity contribution in [2.75, 3.05) is 13.1 Å². The third kappa shape index (κ3) is 3.74. The van der Waals surface area contributed by atoms with E-state index in [9.17, 15) is 22.8 Å². The van der Waals surface area contributed by atoms with Crippen LogP contribution in [-0.4, -0.2) is 29.8 Å². The maximum Gasteiger partial charge on any atom is 0.416 e. The van der Waals surface area contributed by atoms with Gasteiger partial charge in [-0.3, -0.25) is 9.59 Å². The second-order valence-corrected chi connectivity index (χ2v) is 6.24. The normalized spacial score (nSPS) is 18.0. The average molecular weight is 366 g/mol. The van der Waals surface area contributed by atoms with E-state index in [-0.39, 0.29) is 23.6 Å². The number of benzene rings is 1. The van der Waals surface area contributed by atoms with E-state index in [4.69, 9.17) is 10.2 Å². The van der Waals surface area contributed by atoms with Gasteiger partial charge in [0.15, 0.2) is 5.76 Å². The molecule has 1 saturated heterocycles. The molecule has 1 unspecified atom stereocenters. The average Bonchev–Trinajstić information content (AvgIpc) is 3.10. The fourth-order valence-electron chi connectivity index (χ4n) is 3.01. The van der Waals surface area contributed by atoms with Crippen molar-refractivity contribution >= 4 is 11.8 Å². The number of nitrogens with two attached hydrogens (primary N) is 1. The van der Waals surface area contributed by atoms with Gasteiger partial charge in [0, 0.05) is 18.7 Å². The molecular formula is C18H17F3N2O3. The molecule has 0 radical (unpaired) electrons. The number of halogens is 3. The summed E-state index contributed by atoms with van der Waals surface area (Å²) in [5.74, 6) is -1.07. The van der Waals surface area contributed by atoms with E-state index in [0.29, 0.717) is 19.4 Å². The summed E-state index contributed by atoms with van der Waals surface area (Å²) >= 11 is 0. The van der Waals surface area contributed by atoms with Gasteiger partial charge >= 0.3 is 6.18 Å². The van der Waals surface area contributed by atoms with Gasteiger partial charge < -0.3 is 15.1 Å². The van der Waals surface area contributed by atoms with Crippen LogP contribution in [0, 0.1) is 5.92 Å². The van der Waals surface area contributed by atoms with Crippen molar-refractivity contribution in [3.05, 3.63) is 47.7 Å². The first-order chi connectivity index (χ1) is 12.3. The minimum atomic E-state index is -4.46. The zero-order valence-electron chi connectivity index (χ0n) is 13.8. The molecule has 0 bridgehead atoms. The number of likely N-dealkylation sites (tertiary alicyclic amines) is 1. The van der Waals surface area contributed by atoms with Crippen molar-refractivity contribution in [1.82, 2.24) is 4.90 Å². The molecule has 1 aromatic carbocycles. The van der Waals surface area contributed by atoms with Crippen molar-refractivity contribution in [2.24, 2.45) is 11.7 Å². The molecule has 2 aromatic rings. The van der Waals surface area contributed by atoms with Gasteiger partial charge in [-0.05, 0) is 37.1 Å². The van der Waals surface area contributed by atoms with Crippen LogP contribution in [0.15, 0.2) is 40.8 Å². The van der Waals surface area contributed by atoms with Crippen molar-refractivity contribution in [2.45, 2.75) is 19.0 Å². The minimum Gasteiger partial charge on any atom is -0.451 e. The number of furan rings is 1. The lowest BCUT2D eigenvalue weighted by molar-refractivity contribution is -0.137. The highest BCUT2D eigenvalue weighted by atomic mass is 19.4. The number of amides is 2. The van der Waals surface area contributed by atoms with Gasteiger partial charge in [-0.25, -0.2) is 0 Å². The standard InChI is InChI=1S/C18H17F3N2O3/c19-18(20,21)13-5-1-3-11(9-13)14-6-7-15(26-14)17(25)23-8-2-4-12(10-23)16(22)24/h1,3,5-7,9,12H,2,4,8,10H2,(H2,22,24). The summed E-state index contributed by atoms with van der Waals surface area (Å²) in [6.07, 6.45) is -3.17. The topological polar surface area (TPSA) is 76.5 Å². The van der Waals surface area contributed by atoms with Crippen LogP contribution in [0.1, 0.15) is 29.0 Å². The van der Waals surface area contributed by atoms with Crippen LogP contribution in [0.3, 0.4) is 0 Å². The first-order valence-electron chi connectivity index (χ1n) is 8.12. The Morgan fingerprint density at radius 3 is 2.65 bits per heavy atom. The molecule has 8 heteroatoms. The summed E-state index contributed by atoms with van der Waals surface area (Å²) in [4.78, 5) is 25.3. The lowest BCUT2D eigenvalue weighted by atomic mass is 9.97. The zero-order chi connectivity index (χ0) is 18.9. The lowest BCUT2D eigenvalue weighted by Crippen LogP contribution is -2.44. The molecule has 0 saturated carbocycles. The van der Waals surface area contributed by atoms with E-state index < -0.39 is 29.5 Å². The highest BCUT2D eigenvalue weighted by molar-refractivity contribution is 5.92. The molecule has 5 nitrogen and oxygen atoms in total. The van der Waals surface area contributed by atoms with Gasteiger partial charge in [-0.15, -0.1) is 0 Å². The van der Waals surface area contributed by atoms with Gasteiger partial charge in [-0.1, -0.05) is 12.1 Å². The molecule has 138 valence electrons. The number of nitrogens with zero attached hydrogens (tertiary/aromatic N) is 1. The molecule has 1 fully saturated rings. The number of hydrogen-bond donors (Lipinski definition) is 1. The Labute approximate surface area is 147 Å². The molecular weight excluding hydrogens is 349 g/mol. The second-order valence-electron chi connectivity index (χ2n) is 6.24. The summed E-state index contributed by atoms with van der Waals surface area (Å²) in [5.41, 5.74) is 4.74. The molecule has 1 atom stereocenters. The first kappa shape index (κ1) is 18.0. The maximum absolute atomic E-state index is 12.8. The minimum absolute atomic E-state index is 0.0162. The second kappa shape index (κ2) is 6.86. The molecule has 1 aliphatic rings. The number of alkyl halides is 3. The quantitative estimate of drug-likeness (QED) is 0.905. The van der Waals surface area contributed by atoms with E-state index in [2.05, 4.69) is 0 Å². The summed E-state index contributed by atoms with van der Waals surface area (Å²) in [7, 11) is 0. The Balaban J connectivity index is 1.80. The number of carbonyl (C=O) groups is 2. The number of hydrogen-bond acceptors (Lipinski definition) is 3. The van der Waals surface area contributed by atoms with E-state index >= 15 is 0 Å². The Kier molecular flexibility index (Phi) is 4.76. The van der Waals surface area contributed by atoms with E-state index in [0.717, 1.165) is 12.1 Å². The Morgan fingerprint density at radius 1 is 1.19 bits per heavy atom. The molecule has 1 aliphatic heterocycles. The van der Waals surface area contributed by atoms with Gasteiger partial charge in [0.1, 0.15) is 5.76 Å². The fraction of sp³-hybridized carbons (Fsp3) is 0.333. The fourth-order valence-corrected chi connectivity index (χ4v) is 3.01. The molecule has 3 rings (SSSR count). The molecule has 2 heterocycles.